The Bertz CT molecular complexity index is 1900. The zero-order chi connectivity index (χ0) is 32.3. The number of carboxylic acids is 1. The van der Waals surface area contributed by atoms with Crippen molar-refractivity contribution in [3.63, 3.8) is 0 Å². The fourth-order valence-electron chi connectivity index (χ4n) is 7.19. The number of carbonyl (C=O) groups is 1. The SMILES string of the molecule is Cc1nn(CCN2CCOCC2)c2c1-c1c(Cl)ccc3c(CCCOc4cccc5ccccc45)c(C(=O)O)n(c13)CCCCOC2. The van der Waals surface area contributed by atoms with E-state index < -0.39 is 5.97 Å². The van der Waals surface area contributed by atoms with Crippen LogP contribution in [-0.4, -0.2) is 76.4 Å². The van der Waals surface area contributed by atoms with Crippen molar-refractivity contribution >= 4 is 39.2 Å². The number of carboxylic acid groups (broad SMARTS) is 1. The second-order valence-corrected chi connectivity index (χ2v) is 12.8. The normalized spacial score (nSPS) is 15.9. The summed E-state index contributed by atoms with van der Waals surface area (Å²) in [4.78, 5) is 15.4. The highest BCUT2D eigenvalue weighted by atomic mass is 35.5. The molecule has 1 N–H and O–H groups in total. The zero-order valence-corrected chi connectivity index (χ0v) is 27.6. The minimum absolute atomic E-state index is 0.327. The molecular weight excluding hydrogens is 616 g/mol. The summed E-state index contributed by atoms with van der Waals surface area (Å²) in [5, 5.41) is 19.4. The first-order chi connectivity index (χ1) is 23.0. The smallest absolute Gasteiger partial charge is 0.352 e. The number of rotatable bonds is 9. The van der Waals surface area contributed by atoms with Crippen molar-refractivity contribution in [2.45, 2.75) is 52.3 Å². The Morgan fingerprint density at radius 2 is 1.77 bits per heavy atom. The van der Waals surface area contributed by atoms with Crippen LogP contribution < -0.4 is 4.74 Å². The van der Waals surface area contributed by atoms with Crippen LogP contribution in [0.25, 0.3) is 32.8 Å². The quantitative estimate of drug-likeness (QED) is 0.171. The van der Waals surface area contributed by atoms with E-state index in [4.69, 9.17) is 30.9 Å². The van der Waals surface area contributed by atoms with Gasteiger partial charge >= 0.3 is 5.97 Å². The van der Waals surface area contributed by atoms with Crippen LogP contribution in [0.2, 0.25) is 5.02 Å². The van der Waals surface area contributed by atoms with Crippen LogP contribution in [0, 0.1) is 6.92 Å². The average molecular weight is 657 g/mol. The van der Waals surface area contributed by atoms with Crippen molar-refractivity contribution in [2.75, 3.05) is 46.1 Å². The van der Waals surface area contributed by atoms with Crippen molar-refractivity contribution in [1.82, 2.24) is 19.2 Å². The Morgan fingerprint density at radius 3 is 2.62 bits per heavy atom. The van der Waals surface area contributed by atoms with Crippen LogP contribution in [0.4, 0.5) is 0 Å². The van der Waals surface area contributed by atoms with Crippen molar-refractivity contribution < 1.29 is 24.1 Å². The summed E-state index contributed by atoms with van der Waals surface area (Å²) in [5.41, 5.74) is 5.60. The Morgan fingerprint density at radius 1 is 0.936 bits per heavy atom. The summed E-state index contributed by atoms with van der Waals surface area (Å²) >= 11 is 7.08. The molecule has 1 fully saturated rings. The molecule has 7 rings (SSSR count). The monoisotopic (exact) mass is 656 g/mol. The number of halogens is 1. The number of benzene rings is 3. The zero-order valence-electron chi connectivity index (χ0n) is 26.8. The predicted octanol–water partition coefficient (Wildman–Crippen LogP) is 6.97. The molecule has 2 aliphatic rings. The molecule has 1 saturated heterocycles. The second-order valence-electron chi connectivity index (χ2n) is 12.4. The highest BCUT2D eigenvalue weighted by Crippen LogP contribution is 2.43. The molecule has 4 heterocycles. The van der Waals surface area contributed by atoms with E-state index in [1.165, 1.54) is 0 Å². The van der Waals surface area contributed by atoms with E-state index in [-0.39, 0.29) is 0 Å². The summed E-state index contributed by atoms with van der Waals surface area (Å²) in [5.74, 6) is -0.0964. The predicted molar refractivity (Wildman–Crippen MR) is 184 cm³/mol. The van der Waals surface area contributed by atoms with E-state index in [0.717, 1.165) is 108 Å². The maximum Gasteiger partial charge on any atom is 0.352 e. The van der Waals surface area contributed by atoms with Crippen LogP contribution in [0.15, 0.2) is 54.6 Å². The van der Waals surface area contributed by atoms with Gasteiger partial charge in [0.15, 0.2) is 0 Å². The van der Waals surface area contributed by atoms with Gasteiger partial charge in [-0.2, -0.15) is 5.10 Å². The van der Waals surface area contributed by atoms with Crippen molar-refractivity contribution in [2.24, 2.45) is 0 Å². The highest BCUT2D eigenvalue weighted by Gasteiger charge is 2.29. The molecule has 0 spiro atoms. The van der Waals surface area contributed by atoms with Gasteiger partial charge in [0, 0.05) is 54.7 Å². The number of hydrogen-bond acceptors (Lipinski definition) is 6. The molecule has 0 atom stereocenters. The molecule has 5 aromatic rings. The summed E-state index contributed by atoms with van der Waals surface area (Å²) in [6.07, 6.45) is 2.83. The molecule has 3 aromatic carbocycles. The summed E-state index contributed by atoms with van der Waals surface area (Å²) in [6, 6.07) is 18.1. The summed E-state index contributed by atoms with van der Waals surface area (Å²) in [6.45, 7) is 8.92. The minimum atomic E-state index is -0.933. The molecule has 246 valence electrons. The topological polar surface area (TPSA) is 91.0 Å². The molecule has 0 saturated carbocycles. The number of nitrogens with zero attached hydrogens (tertiary/aromatic N) is 4. The van der Waals surface area contributed by atoms with E-state index in [9.17, 15) is 9.90 Å². The fourth-order valence-corrected chi connectivity index (χ4v) is 7.44. The first kappa shape index (κ1) is 31.7. The van der Waals surface area contributed by atoms with Gasteiger partial charge in [0.2, 0.25) is 0 Å². The van der Waals surface area contributed by atoms with Crippen LogP contribution >= 0.6 is 11.6 Å². The van der Waals surface area contributed by atoms with Gasteiger partial charge in [-0.3, -0.25) is 9.58 Å². The largest absolute Gasteiger partial charge is 0.493 e. The highest BCUT2D eigenvalue weighted by molar-refractivity contribution is 6.35. The lowest BCUT2D eigenvalue weighted by Gasteiger charge is -2.26. The maximum atomic E-state index is 13.0. The van der Waals surface area contributed by atoms with Gasteiger partial charge in [-0.05, 0) is 55.7 Å². The molecule has 10 heteroatoms. The first-order valence-electron chi connectivity index (χ1n) is 16.6. The van der Waals surface area contributed by atoms with E-state index in [0.29, 0.717) is 49.9 Å². The molecule has 0 bridgehead atoms. The van der Waals surface area contributed by atoms with Gasteiger partial charge in [-0.1, -0.05) is 54.1 Å². The Balaban J connectivity index is 1.26. The number of ether oxygens (including phenoxy) is 3. The Hall–Kier alpha value is -3.89. The number of aromatic carboxylic acids is 1. The van der Waals surface area contributed by atoms with Crippen molar-refractivity contribution in [3.8, 4) is 16.9 Å². The Labute approximate surface area is 279 Å². The van der Waals surface area contributed by atoms with Crippen LogP contribution in [0.1, 0.15) is 46.7 Å². The maximum absolute atomic E-state index is 13.0. The minimum Gasteiger partial charge on any atom is -0.493 e. The summed E-state index contributed by atoms with van der Waals surface area (Å²) in [7, 11) is 0. The Kier molecular flexibility index (Phi) is 9.49. The van der Waals surface area contributed by atoms with Gasteiger partial charge in [0.25, 0.3) is 0 Å². The molecule has 9 nitrogen and oxygen atoms in total. The molecular formula is C37H41ClN4O5. The van der Waals surface area contributed by atoms with E-state index in [2.05, 4.69) is 27.8 Å². The van der Waals surface area contributed by atoms with E-state index >= 15 is 0 Å². The lowest BCUT2D eigenvalue weighted by Crippen LogP contribution is -2.38. The van der Waals surface area contributed by atoms with Crippen molar-refractivity contribution in [1.29, 1.82) is 0 Å². The van der Waals surface area contributed by atoms with Crippen molar-refractivity contribution in [3.05, 3.63) is 82.3 Å². The number of hydrogen-bond donors (Lipinski definition) is 1. The third-order valence-corrected chi connectivity index (χ3v) is 9.75. The molecule has 0 unspecified atom stereocenters. The number of aryl methyl sites for hydroxylation is 3. The second kappa shape index (κ2) is 14.1. The first-order valence-corrected chi connectivity index (χ1v) is 17.0. The van der Waals surface area contributed by atoms with Crippen LogP contribution in [0.5, 0.6) is 5.75 Å². The summed E-state index contributed by atoms with van der Waals surface area (Å²) < 4.78 is 22.0. The van der Waals surface area contributed by atoms with Gasteiger partial charge in [0.1, 0.15) is 11.4 Å². The molecule has 0 aliphatic carbocycles. The fraction of sp³-hybridized carbons (Fsp3) is 0.405. The van der Waals surface area contributed by atoms with Gasteiger partial charge < -0.3 is 23.9 Å². The average Bonchev–Trinajstić information content (AvgIpc) is 3.56. The van der Waals surface area contributed by atoms with E-state index in [1.54, 1.807) is 0 Å². The molecule has 0 radical (unpaired) electrons. The number of fused-ring (bicyclic) bond motifs is 3. The van der Waals surface area contributed by atoms with Gasteiger partial charge in [-0.25, -0.2) is 4.79 Å². The lowest BCUT2D eigenvalue weighted by atomic mass is 9.98. The number of aromatic nitrogens is 3. The third kappa shape index (κ3) is 6.37. The lowest BCUT2D eigenvalue weighted by molar-refractivity contribution is 0.0354. The van der Waals surface area contributed by atoms with E-state index in [1.807, 2.05) is 47.9 Å². The van der Waals surface area contributed by atoms with Crippen LogP contribution in [0.3, 0.4) is 0 Å². The number of morpholine rings is 1. The molecule has 2 aromatic heterocycles. The van der Waals surface area contributed by atoms with Crippen LogP contribution in [-0.2, 0) is 35.6 Å². The third-order valence-electron chi connectivity index (χ3n) is 9.43. The molecule has 2 aliphatic heterocycles. The van der Waals surface area contributed by atoms with Gasteiger partial charge in [0.05, 0.1) is 54.9 Å². The molecule has 47 heavy (non-hydrogen) atoms. The van der Waals surface area contributed by atoms with Gasteiger partial charge in [-0.15, -0.1) is 0 Å². The standard InChI is InChI=1S/C37H41ClN4O5/c1-25-33-31(42(39-25)17-16-40-18-22-45-23-19-40)24-46-20-5-4-15-41-35-29(13-14-30(38)34(33)35)28(36(41)37(43)44)11-7-21-47-32-12-6-9-26-8-2-3-10-27(26)32/h2-3,6,8-10,12-14H,4-5,7,11,15-24H2,1H3,(H,43,44). The molecule has 0 amide bonds.